The van der Waals surface area contributed by atoms with Crippen molar-refractivity contribution in [2.75, 3.05) is 0 Å². The summed E-state index contributed by atoms with van der Waals surface area (Å²) in [6.45, 7) is 32.2. The molecule has 0 atom stereocenters. The molecule has 3 aromatic heterocycles. The summed E-state index contributed by atoms with van der Waals surface area (Å²) in [5.74, 6) is 7.58. The molecule has 5 rings (SSSR count). The summed E-state index contributed by atoms with van der Waals surface area (Å²) in [6.07, 6.45) is 7.31. The fraction of sp³-hybridized carbons (Fsp3) is 0.478. The molecule has 6 heteroatoms. The number of nitrogens with zero attached hydrogens (tertiary/aromatic N) is 2. The van der Waals surface area contributed by atoms with Gasteiger partial charge < -0.3 is 9.97 Å². The molecule has 0 radical (unpaired) electrons. The molecule has 0 spiro atoms. The predicted octanol–water partition coefficient (Wildman–Crippen LogP) is 12.5. The van der Waals surface area contributed by atoms with Crippen molar-refractivity contribution in [3.8, 4) is 22.9 Å². The van der Waals surface area contributed by atoms with Crippen molar-refractivity contribution in [3.63, 3.8) is 0 Å². The van der Waals surface area contributed by atoms with E-state index in [1.165, 1.54) is 44.5 Å². The van der Waals surface area contributed by atoms with Gasteiger partial charge in [-0.15, -0.1) is 11.1 Å². The van der Waals surface area contributed by atoms with Crippen LogP contribution in [0.25, 0.3) is 44.4 Å². The number of H-pyrrole nitrogens is 2. The number of aromatic amines is 2. The molecule has 0 fully saturated rings. The first-order valence-corrected chi connectivity index (χ1v) is 27.0. The van der Waals surface area contributed by atoms with Crippen molar-refractivity contribution in [3.05, 3.63) is 68.3 Å². The molecule has 2 aliphatic rings. The number of nitrogens with one attached hydrogen (secondary N) is 2. The average molecular weight is 727 g/mol. The van der Waals surface area contributed by atoms with Crippen LogP contribution < -0.4 is 0 Å². The van der Waals surface area contributed by atoms with Crippen LogP contribution in [0.1, 0.15) is 137 Å². The molecule has 4 nitrogen and oxygen atoms in total. The highest BCUT2D eigenvalue weighted by molar-refractivity contribution is 6.84. The van der Waals surface area contributed by atoms with Crippen LogP contribution in [0, 0.1) is 22.9 Å². The van der Waals surface area contributed by atoms with E-state index in [2.05, 4.69) is 140 Å². The third-order valence-corrected chi connectivity index (χ3v) is 12.1. The number of rotatable bonds is 8. The Balaban J connectivity index is 2.21. The van der Waals surface area contributed by atoms with Crippen molar-refractivity contribution < 1.29 is 0 Å². The molecule has 8 bridgehead atoms. The third-order valence-electron chi connectivity index (χ3n) is 10.4. The summed E-state index contributed by atoms with van der Waals surface area (Å²) in [7, 11) is -3.42. The molecule has 2 aliphatic heterocycles. The van der Waals surface area contributed by atoms with Crippen molar-refractivity contribution in [2.45, 2.75) is 146 Å². The summed E-state index contributed by atoms with van der Waals surface area (Å²) in [6, 6.07) is 4.66. The largest absolute Gasteiger partial charge is 0.354 e. The van der Waals surface area contributed by atoms with Crippen LogP contribution in [0.15, 0.2) is 12.1 Å². The summed E-state index contributed by atoms with van der Waals surface area (Å²) in [5.41, 5.74) is 29.0. The average Bonchev–Trinajstić information content (AvgIpc) is 3.83. The highest BCUT2D eigenvalue weighted by Gasteiger charge is 2.27. The maximum absolute atomic E-state index is 5.56. The molecule has 3 aromatic rings. The second-order valence-corrected chi connectivity index (χ2v) is 25.7. The molecule has 5 heterocycles. The Bertz CT molecular complexity index is 2100. The van der Waals surface area contributed by atoms with Crippen molar-refractivity contribution in [2.24, 2.45) is 0 Å². The fourth-order valence-corrected chi connectivity index (χ4v) is 9.02. The smallest absolute Gasteiger partial charge is 0.129 e. The molecule has 0 aliphatic carbocycles. The molecule has 0 amide bonds. The summed E-state index contributed by atoms with van der Waals surface area (Å²) in [5, 5.41) is 0. The first kappa shape index (κ1) is 39.4. The Labute approximate surface area is 316 Å². The topological polar surface area (TPSA) is 57.4 Å². The first-order valence-electron chi connectivity index (χ1n) is 20.0. The van der Waals surface area contributed by atoms with E-state index in [1.807, 2.05) is 0 Å². The zero-order chi connectivity index (χ0) is 38.1. The molecule has 0 unspecified atom stereocenters. The van der Waals surface area contributed by atoms with Gasteiger partial charge in [-0.3, -0.25) is 0 Å². The Morgan fingerprint density at radius 3 is 1.10 bits per heavy atom. The van der Waals surface area contributed by atoms with Crippen LogP contribution in [-0.4, -0.2) is 36.1 Å². The lowest BCUT2D eigenvalue weighted by Gasteiger charge is -2.08. The van der Waals surface area contributed by atoms with Crippen LogP contribution in [-0.2, 0) is 25.7 Å². The van der Waals surface area contributed by atoms with E-state index in [4.69, 9.17) is 9.97 Å². The van der Waals surface area contributed by atoms with E-state index >= 15 is 0 Å². The lowest BCUT2D eigenvalue weighted by atomic mass is 9.95. The van der Waals surface area contributed by atoms with Crippen LogP contribution in [0.3, 0.4) is 0 Å². The minimum atomic E-state index is -1.71. The summed E-state index contributed by atoms with van der Waals surface area (Å²) in [4.78, 5) is 19.1. The Morgan fingerprint density at radius 2 is 0.808 bits per heavy atom. The van der Waals surface area contributed by atoms with Crippen LogP contribution in [0.2, 0.25) is 39.3 Å². The molecule has 52 heavy (non-hydrogen) atoms. The fourth-order valence-electron chi connectivity index (χ4n) is 8.02. The van der Waals surface area contributed by atoms with Gasteiger partial charge in [0.05, 0.1) is 44.9 Å². The Hall–Kier alpha value is -3.85. The molecule has 0 saturated heterocycles. The van der Waals surface area contributed by atoms with Gasteiger partial charge in [-0.25, -0.2) is 9.97 Å². The van der Waals surface area contributed by atoms with Gasteiger partial charge in [0.25, 0.3) is 0 Å². The second-order valence-electron chi connectivity index (χ2n) is 16.2. The van der Waals surface area contributed by atoms with Crippen LogP contribution >= 0.6 is 0 Å². The number of allylic oxidation sites excluding steroid dienone is 4. The van der Waals surface area contributed by atoms with Gasteiger partial charge in [-0.2, -0.15) is 0 Å². The van der Waals surface area contributed by atoms with Crippen LogP contribution in [0.5, 0.6) is 0 Å². The Kier molecular flexibility index (Phi) is 11.8. The molecule has 274 valence electrons. The maximum atomic E-state index is 5.56. The van der Waals surface area contributed by atoms with Gasteiger partial charge in [-0.1, -0.05) is 107 Å². The molecular weight excluding hydrogens is 665 g/mol. The van der Waals surface area contributed by atoms with Crippen molar-refractivity contribution in [1.29, 1.82) is 0 Å². The SMILES string of the molecule is CCC1=C(CC)c2nc1cc1nc(c(C#C[Si](C)(C)C)c3[nH]c(cc4[nH]c(c2C#C[Si](C)(C)C)c(CC)c4CC)c(CC)c3CC)C(CC)=C1CC. The van der Waals surface area contributed by atoms with Gasteiger partial charge in [0.2, 0.25) is 0 Å². The summed E-state index contributed by atoms with van der Waals surface area (Å²) >= 11 is 0. The third kappa shape index (κ3) is 7.48. The monoisotopic (exact) mass is 726 g/mol. The Morgan fingerprint density at radius 1 is 0.462 bits per heavy atom. The van der Waals surface area contributed by atoms with E-state index in [9.17, 15) is 0 Å². The zero-order valence-corrected chi connectivity index (χ0v) is 36.7. The van der Waals surface area contributed by atoms with Gasteiger partial charge in [0.15, 0.2) is 0 Å². The lowest BCUT2D eigenvalue weighted by Crippen LogP contribution is -2.16. The van der Waals surface area contributed by atoms with E-state index < -0.39 is 16.1 Å². The van der Waals surface area contributed by atoms with Crippen molar-refractivity contribution >= 4 is 60.5 Å². The van der Waals surface area contributed by atoms with Gasteiger partial charge in [0.1, 0.15) is 16.1 Å². The van der Waals surface area contributed by atoms with E-state index in [1.54, 1.807) is 0 Å². The normalized spacial score (nSPS) is 13.3. The number of hydrogen-bond acceptors (Lipinski definition) is 2. The van der Waals surface area contributed by atoms with Crippen LogP contribution in [0.4, 0.5) is 0 Å². The van der Waals surface area contributed by atoms with Gasteiger partial charge in [-0.05, 0) is 108 Å². The standard InChI is InChI=1S/C46H62N4Si2/c1-15-29-33(19-5)43-37(23-25-51(9,10)11)44-35(21-7)31(17-3)41(49-44)28-42-32(18-4)36(22-8)46(50-42)38(24-26-52(12,13)14)45-34(20-6)30(16-2)40(48-45)27-39(29)47-43/h27-28,47-48H,15-22H2,1-14H3. The number of hydrogen-bond donors (Lipinski definition) is 2. The highest BCUT2D eigenvalue weighted by atomic mass is 28.3. The molecule has 2 N–H and O–H groups in total. The molecule has 0 saturated carbocycles. The van der Waals surface area contributed by atoms with E-state index in [0.717, 1.165) is 107 Å². The summed E-state index contributed by atoms with van der Waals surface area (Å²) < 4.78 is 0. The maximum Gasteiger partial charge on any atom is 0.129 e. The minimum absolute atomic E-state index is 0.897. The number of fused-ring (bicyclic) bond motifs is 8. The van der Waals surface area contributed by atoms with E-state index in [0.29, 0.717) is 0 Å². The predicted molar refractivity (Wildman–Crippen MR) is 234 cm³/mol. The first-order chi connectivity index (χ1) is 24.7. The molecular formula is C46H62N4Si2. The zero-order valence-electron chi connectivity index (χ0n) is 34.7. The highest BCUT2D eigenvalue weighted by Crippen LogP contribution is 2.41. The second kappa shape index (κ2) is 15.6. The quantitative estimate of drug-likeness (QED) is 0.179. The van der Waals surface area contributed by atoms with Crippen molar-refractivity contribution in [1.82, 2.24) is 19.9 Å². The molecule has 0 aromatic carbocycles. The number of aryl methyl sites for hydroxylation is 4. The van der Waals surface area contributed by atoms with E-state index in [-0.39, 0.29) is 0 Å². The van der Waals surface area contributed by atoms with Gasteiger partial charge >= 0.3 is 0 Å². The minimum Gasteiger partial charge on any atom is -0.354 e. The number of aromatic nitrogens is 4. The lowest BCUT2D eigenvalue weighted by molar-refractivity contribution is 1.07. The van der Waals surface area contributed by atoms with Gasteiger partial charge in [0, 0.05) is 11.0 Å².